The molecule has 1 aliphatic rings. The summed E-state index contributed by atoms with van der Waals surface area (Å²) in [6.45, 7) is 5.83. The van der Waals surface area contributed by atoms with Gasteiger partial charge >= 0.3 is 0 Å². The average Bonchev–Trinajstić information content (AvgIpc) is 3.22. The second kappa shape index (κ2) is 21.5. The van der Waals surface area contributed by atoms with Crippen molar-refractivity contribution < 1.29 is 14.4 Å². The molecule has 1 aliphatic heterocycles. The average molecular weight is 570 g/mol. The molecule has 1 aromatic rings. The van der Waals surface area contributed by atoms with Crippen molar-refractivity contribution in [2.45, 2.75) is 148 Å². The Morgan fingerprint density at radius 3 is 1.34 bits per heavy atom. The number of rotatable bonds is 25. The van der Waals surface area contributed by atoms with Gasteiger partial charge in [-0.2, -0.15) is 0 Å². The van der Waals surface area contributed by atoms with E-state index >= 15 is 0 Å². The van der Waals surface area contributed by atoms with E-state index in [0.717, 1.165) is 30.6 Å². The van der Waals surface area contributed by atoms with Crippen LogP contribution in [-0.2, 0) is 4.79 Å². The van der Waals surface area contributed by atoms with Crippen LogP contribution in [-0.4, -0.2) is 53.2 Å². The Balaban J connectivity index is 1.78. The van der Waals surface area contributed by atoms with Gasteiger partial charge in [-0.25, -0.2) is 0 Å². The van der Waals surface area contributed by atoms with Crippen LogP contribution >= 0.6 is 0 Å². The minimum absolute atomic E-state index is 0.0717. The molecule has 0 saturated carbocycles. The van der Waals surface area contributed by atoms with Crippen molar-refractivity contribution in [2.24, 2.45) is 5.73 Å². The molecule has 0 aromatic heterocycles. The lowest BCUT2D eigenvalue weighted by atomic mass is 10.1. The standard InChI is InChI=1S/C35H59N3O3/c1-3-5-7-9-11-13-15-17-19-23-27-37(28-24-20-18-16-14-12-10-8-6-4-2)35(41)32(36)29-38-33(39)30-25-21-22-26-31(30)34(38)40/h21-22,25-26,32H,3-20,23-24,27-29,36H2,1-2H3/t32-/m0/s1. The Morgan fingerprint density at radius 2 is 0.976 bits per heavy atom. The number of fused-ring (bicyclic) bond motifs is 1. The molecule has 0 spiro atoms. The van der Waals surface area contributed by atoms with Gasteiger partial charge in [0.05, 0.1) is 17.7 Å². The van der Waals surface area contributed by atoms with Crippen molar-refractivity contribution in [3.63, 3.8) is 0 Å². The molecule has 0 unspecified atom stereocenters. The Kier molecular flexibility index (Phi) is 18.3. The number of imide groups is 1. The van der Waals surface area contributed by atoms with Gasteiger partial charge in [0, 0.05) is 13.1 Å². The van der Waals surface area contributed by atoms with Gasteiger partial charge in [0.1, 0.15) is 6.04 Å². The van der Waals surface area contributed by atoms with E-state index in [0.29, 0.717) is 24.2 Å². The summed E-state index contributed by atoms with van der Waals surface area (Å²) in [6, 6.07) is 5.92. The fraction of sp³-hybridized carbons (Fsp3) is 0.743. The molecule has 1 heterocycles. The SMILES string of the molecule is CCCCCCCCCCCCN(CCCCCCCCCCCC)C(=O)[C@@H](N)CN1C(=O)c2ccccc2C1=O. The second-order valence-electron chi connectivity index (χ2n) is 12.1. The van der Waals surface area contributed by atoms with Crippen LogP contribution in [0.1, 0.15) is 163 Å². The fourth-order valence-corrected chi connectivity index (χ4v) is 5.83. The molecule has 0 aliphatic carbocycles. The summed E-state index contributed by atoms with van der Waals surface area (Å²) < 4.78 is 0. The van der Waals surface area contributed by atoms with E-state index in [2.05, 4.69) is 13.8 Å². The normalized spacial score (nSPS) is 13.6. The number of benzene rings is 1. The number of nitrogens with two attached hydrogens (primary N) is 1. The van der Waals surface area contributed by atoms with E-state index in [1.54, 1.807) is 24.3 Å². The molecule has 3 amide bonds. The highest BCUT2D eigenvalue weighted by Crippen LogP contribution is 2.22. The maximum absolute atomic E-state index is 13.5. The molecule has 0 radical (unpaired) electrons. The Hall–Kier alpha value is -2.21. The summed E-state index contributed by atoms with van der Waals surface area (Å²) >= 11 is 0. The quantitative estimate of drug-likeness (QED) is 0.0948. The fourth-order valence-electron chi connectivity index (χ4n) is 5.83. The third kappa shape index (κ3) is 13.1. The van der Waals surface area contributed by atoms with Crippen LogP contribution in [0.5, 0.6) is 0 Å². The third-order valence-electron chi connectivity index (χ3n) is 8.45. The molecule has 2 rings (SSSR count). The van der Waals surface area contributed by atoms with E-state index < -0.39 is 6.04 Å². The van der Waals surface area contributed by atoms with Gasteiger partial charge in [0.25, 0.3) is 11.8 Å². The molecular formula is C35H59N3O3. The molecule has 6 nitrogen and oxygen atoms in total. The molecule has 1 aromatic carbocycles. The molecule has 0 bridgehead atoms. The highest BCUT2D eigenvalue weighted by molar-refractivity contribution is 6.21. The van der Waals surface area contributed by atoms with Crippen LogP contribution in [0.15, 0.2) is 24.3 Å². The van der Waals surface area contributed by atoms with Gasteiger partial charge in [-0.3, -0.25) is 19.3 Å². The third-order valence-corrected chi connectivity index (χ3v) is 8.45. The van der Waals surface area contributed by atoms with E-state index in [-0.39, 0.29) is 24.3 Å². The maximum Gasteiger partial charge on any atom is 0.261 e. The molecule has 6 heteroatoms. The van der Waals surface area contributed by atoms with Crippen molar-refractivity contribution in [3.05, 3.63) is 35.4 Å². The number of nitrogens with zero attached hydrogens (tertiary/aromatic N) is 2. The predicted molar refractivity (Wildman–Crippen MR) is 170 cm³/mol. The maximum atomic E-state index is 13.5. The Bertz CT molecular complexity index is 828. The second-order valence-corrected chi connectivity index (χ2v) is 12.1. The van der Waals surface area contributed by atoms with E-state index in [4.69, 9.17) is 5.73 Å². The minimum atomic E-state index is -0.900. The monoisotopic (exact) mass is 569 g/mol. The summed E-state index contributed by atoms with van der Waals surface area (Å²) in [6.07, 6.45) is 25.0. The van der Waals surface area contributed by atoms with Crippen LogP contribution in [0.25, 0.3) is 0 Å². The highest BCUT2D eigenvalue weighted by atomic mass is 16.2. The van der Waals surface area contributed by atoms with Crippen molar-refractivity contribution >= 4 is 17.7 Å². The van der Waals surface area contributed by atoms with Gasteiger partial charge < -0.3 is 10.6 Å². The smallest absolute Gasteiger partial charge is 0.261 e. The van der Waals surface area contributed by atoms with Crippen molar-refractivity contribution in [3.8, 4) is 0 Å². The van der Waals surface area contributed by atoms with Crippen LogP contribution in [0, 0.1) is 0 Å². The first kappa shape index (κ1) is 35.0. The summed E-state index contributed by atoms with van der Waals surface area (Å²) in [5.74, 6) is -0.858. The minimum Gasteiger partial charge on any atom is -0.341 e. The van der Waals surface area contributed by atoms with E-state index in [1.807, 2.05) is 4.90 Å². The molecular weight excluding hydrogens is 510 g/mol. The lowest BCUT2D eigenvalue weighted by Crippen LogP contribution is -2.51. The number of unbranched alkanes of at least 4 members (excludes halogenated alkanes) is 18. The largest absolute Gasteiger partial charge is 0.341 e. The number of carbonyl (C=O) groups is 3. The van der Waals surface area contributed by atoms with Crippen molar-refractivity contribution in [2.75, 3.05) is 19.6 Å². The molecule has 232 valence electrons. The van der Waals surface area contributed by atoms with Gasteiger partial charge in [0.2, 0.25) is 5.91 Å². The number of hydrogen-bond acceptors (Lipinski definition) is 4. The zero-order valence-electron chi connectivity index (χ0n) is 26.3. The first-order chi connectivity index (χ1) is 20.0. The van der Waals surface area contributed by atoms with Gasteiger partial charge in [-0.15, -0.1) is 0 Å². The van der Waals surface area contributed by atoms with Crippen LogP contribution < -0.4 is 5.73 Å². The van der Waals surface area contributed by atoms with Gasteiger partial charge in [-0.1, -0.05) is 142 Å². The zero-order valence-corrected chi connectivity index (χ0v) is 26.3. The highest BCUT2D eigenvalue weighted by Gasteiger charge is 2.37. The van der Waals surface area contributed by atoms with Crippen molar-refractivity contribution in [1.82, 2.24) is 9.80 Å². The Morgan fingerprint density at radius 1 is 0.634 bits per heavy atom. The van der Waals surface area contributed by atoms with Gasteiger partial charge in [0.15, 0.2) is 0 Å². The number of carbonyl (C=O) groups excluding carboxylic acids is 3. The van der Waals surface area contributed by atoms with Gasteiger partial charge in [-0.05, 0) is 25.0 Å². The molecule has 1 atom stereocenters. The topological polar surface area (TPSA) is 83.7 Å². The van der Waals surface area contributed by atoms with Crippen molar-refractivity contribution in [1.29, 1.82) is 0 Å². The van der Waals surface area contributed by atoms with E-state index in [9.17, 15) is 14.4 Å². The molecule has 2 N–H and O–H groups in total. The van der Waals surface area contributed by atoms with E-state index in [1.165, 1.54) is 103 Å². The zero-order chi connectivity index (χ0) is 29.7. The number of amides is 3. The Labute approximate surface area is 250 Å². The first-order valence-corrected chi connectivity index (χ1v) is 17.0. The number of hydrogen-bond donors (Lipinski definition) is 1. The lowest BCUT2D eigenvalue weighted by Gasteiger charge is -2.27. The predicted octanol–water partition coefficient (Wildman–Crippen LogP) is 8.28. The summed E-state index contributed by atoms with van der Waals surface area (Å²) in [4.78, 5) is 42.1. The summed E-state index contributed by atoms with van der Waals surface area (Å²) in [5, 5.41) is 0. The van der Waals surface area contributed by atoms with Crippen LogP contribution in [0.2, 0.25) is 0 Å². The molecule has 0 saturated heterocycles. The molecule has 0 fully saturated rings. The summed E-state index contributed by atoms with van der Waals surface area (Å²) in [5.41, 5.74) is 7.15. The lowest BCUT2D eigenvalue weighted by molar-refractivity contribution is -0.132. The first-order valence-electron chi connectivity index (χ1n) is 17.0. The summed E-state index contributed by atoms with van der Waals surface area (Å²) in [7, 11) is 0. The van der Waals surface area contributed by atoms with Crippen LogP contribution in [0.3, 0.4) is 0 Å². The van der Waals surface area contributed by atoms with Crippen LogP contribution in [0.4, 0.5) is 0 Å². The molecule has 41 heavy (non-hydrogen) atoms.